The Labute approximate surface area is 114 Å². The second-order valence-corrected chi connectivity index (χ2v) is 5.39. The molecule has 0 radical (unpaired) electrons. The molecule has 0 amide bonds. The summed E-state index contributed by atoms with van der Waals surface area (Å²) in [7, 11) is 0. The van der Waals surface area contributed by atoms with Crippen molar-refractivity contribution in [3.8, 4) is 0 Å². The van der Waals surface area contributed by atoms with Crippen molar-refractivity contribution in [2.45, 2.75) is 25.2 Å². The largest absolute Gasteiger partial charge is 0.446 e. The number of aryl methyl sites for hydroxylation is 1. The third-order valence-corrected chi connectivity index (χ3v) is 3.93. The second-order valence-electron chi connectivity index (χ2n) is 4.61. The lowest BCUT2D eigenvalue weighted by Gasteiger charge is -2.23. The first-order valence-corrected chi connectivity index (χ1v) is 6.92. The fourth-order valence-electron chi connectivity index (χ4n) is 2.64. The first-order valence-electron chi connectivity index (χ1n) is 6.13. The van der Waals surface area contributed by atoms with Gasteiger partial charge in [0.15, 0.2) is 10.4 Å². The highest BCUT2D eigenvalue weighted by molar-refractivity contribution is 9.10. The predicted octanol–water partition coefficient (Wildman–Crippen LogP) is 4.34. The molecule has 18 heavy (non-hydrogen) atoms. The van der Waals surface area contributed by atoms with E-state index in [0.717, 1.165) is 19.3 Å². The maximum atomic E-state index is 12.5. The highest BCUT2D eigenvalue weighted by Gasteiger charge is 2.28. The monoisotopic (exact) mass is 304 g/mol. The van der Waals surface area contributed by atoms with Crippen LogP contribution in [0.2, 0.25) is 0 Å². The lowest BCUT2D eigenvalue weighted by atomic mass is 9.80. The molecule has 3 heteroatoms. The van der Waals surface area contributed by atoms with Gasteiger partial charge in [-0.05, 0) is 58.5 Å². The van der Waals surface area contributed by atoms with Crippen LogP contribution < -0.4 is 0 Å². The quantitative estimate of drug-likeness (QED) is 0.772. The van der Waals surface area contributed by atoms with Gasteiger partial charge in [-0.15, -0.1) is 0 Å². The zero-order valence-electron chi connectivity index (χ0n) is 9.86. The van der Waals surface area contributed by atoms with Gasteiger partial charge in [0.2, 0.25) is 5.78 Å². The molecule has 92 valence electrons. The predicted molar refractivity (Wildman–Crippen MR) is 72.9 cm³/mol. The minimum atomic E-state index is -0.0481. The number of ketones is 1. The molecular formula is C15H13BrO2. The van der Waals surface area contributed by atoms with Crippen LogP contribution in [0.1, 0.15) is 40.4 Å². The van der Waals surface area contributed by atoms with E-state index in [1.165, 1.54) is 11.1 Å². The molecular weight excluding hydrogens is 292 g/mol. The highest BCUT2D eigenvalue weighted by atomic mass is 79.9. The second kappa shape index (κ2) is 4.73. The van der Waals surface area contributed by atoms with E-state index in [1.807, 2.05) is 12.1 Å². The van der Waals surface area contributed by atoms with Gasteiger partial charge in [0.05, 0.1) is 5.92 Å². The summed E-state index contributed by atoms with van der Waals surface area (Å²) in [4.78, 5) is 12.5. The minimum Gasteiger partial charge on any atom is -0.446 e. The average molecular weight is 305 g/mol. The standard InChI is InChI=1S/C15H13BrO2/c16-14-9-8-13(18-14)15(17)12-7-3-5-10-4-1-2-6-11(10)12/h1-2,4,6,8-9,12H,3,5,7H2. The number of Topliss-reactive ketones (excluding diaryl/α,β-unsaturated/α-hetero) is 1. The van der Waals surface area contributed by atoms with Crippen molar-refractivity contribution in [3.63, 3.8) is 0 Å². The first kappa shape index (κ1) is 11.7. The van der Waals surface area contributed by atoms with E-state index in [0.29, 0.717) is 10.4 Å². The molecule has 1 aliphatic rings. The lowest BCUT2D eigenvalue weighted by molar-refractivity contribution is 0.0922. The van der Waals surface area contributed by atoms with Gasteiger partial charge in [-0.1, -0.05) is 24.3 Å². The number of fused-ring (bicyclic) bond motifs is 1. The van der Waals surface area contributed by atoms with E-state index >= 15 is 0 Å². The number of rotatable bonds is 2. The van der Waals surface area contributed by atoms with E-state index in [4.69, 9.17) is 4.42 Å². The highest BCUT2D eigenvalue weighted by Crippen LogP contribution is 2.34. The summed E-state index contributed by atoms with van der Waals surface area (Å²) in [5.74, 6) is 0.490. The maximum absolute atomic E-state index is 12.5. The Balaban J connectivity index is 1.96. The molecule has 0 saturated carbocycles. The molecule has 0 N–H and O–H groups in total. The van der Waals surface area contributed by atoms with Crippen molar-refractivity contribution in [1.82, 2.24) is 0 Å². The van der Waals surface area contributed by atoms with E-state index in [2.05, 4.69) is 28.1 Å². The molecule has 0 aliphatic heterocycles. The molecule has 0 bridgehead atoms. The Morgan fingerprint density at radius 1 is 1.22 bits per heavy atom. The van der Waals surface area contributed by atoms with Crippen molar-refractivity contribution in [1.29, 1.82) is 0 Å². The van der Waals surface area contributed by atoms with Gasteiger partial charge >= 0.3 is 0 Å². The minimum absolute atomic E-state index is 0.0481. The number of carbonyl (C=O) groups is 1. The Morgan fingerprint density at radius 3 is 2.83 bits per heavy atom. The Bertz CT molecular complexity index is 586. The van der Waals surface area contributed by atoms with Crippen LogP contribution in [0.25, 0.3) is 0 Å². The number of hydrogen-bond acceptors (Lipinski definition) is 2. The maximum Gasteiger partial charge on any atom is 0.205 e. The van der Waals surface area contributed by atoms with Gasteiger partial charge in [0, 0.05) is 0 Å². The van der Waals surface area contributed by atoms with Crippen LogP contribution in [-0.4, -0.2) is 5.78 Å². The van der Waals surface area contributed by atoms with Crippen LogP contribution in [0.15, 0.2) is 45.5 Å². The molecule has 1 aliphatic carbocycles. The number of carbonyl (C=O) groups excluding carboxylic acids is 1. The Hall–Kier alpha value is -1.35. The number of furan rings is 1. The van der Waals surface area contributed by atoms with E-state index in [-0.39, 0.29) is 11.7 Å². The van der Waals surface area contributed by atoms with Crippen molar-refractivity contribution in [3.05, 3.63) is 58.0 Å². The van der Waals surface area contributed by atoms with Crippen molar-refractivity contribution >= 4 is 21.7 Å². The average Bonchev–Trinajstić information content (AvgIpc) is 2.84. The number of benzene rings is 1. The molecule has 3 rings (SSSR count). The summed E-state index contributed by atoms with van der Waals surface area (Å²) in [5, 5.41) is 0. The van der Waals surface area contributed by atoms with Crippen LogP contribution in [-0.2, 0) is 6.42 Å². The summed E-state index contributed by atoms with van der Waals surface area (Å²) in [5.41, 5.74) is 2.47. The molecule has 2 nitrogen and oxygen atoms in total. The van der Waals surface area contributed by atoms with Gasteiger partial charge in [0.25, 0.3) is 0 Å². The summed E-state index contributed by atoms with van der Waals surface area (Å²) in [6.07, 6.45) is 3.05. The van der Waals surface area contributed by atoms with Gasteiger partial charge < -0.3 is 4.42 Å². The molecule has 2 aromatic rings. The molecule has 1 atom stereocenters. The third kappa shape index (κ3) is 2.03. The molecule has 1 heterocycles. The van der Waals surface area contributed by atoms with Crippen LogP contribution in [0.5, 0.6) is 0 Å². The SMILES string of the molecule is O=C(c1ccc(Br)o1)C1CCCc2ccccc21. The lowest BCUT2D eigenvalue weighted by Crippen LogP contribution is -2.18. The fraction of sp³-hybridized carbons (Fsp3) is 0.267. The van der Waals surface area contributed by atoms with Crippen LogP contribution in [0.3, 0.4) is 0 Å². The Kier molecular flexibility index (Phi) is 3.08. The van der Waals surface area contributed by atoms with Crippen LogP contribution in [0, 0.1) is 0 Å². The van der Waals surface area contributed by atoms with Crippen molar-refractivity contribution in [2.75, 3.05) is 0 Å². The topological polar surface area (TPSA) is 30.2 Å². The van der Waals surface area contributed by atoms with E-state index in [1.54, 1.807) is 12.1 Å². The fourth-order valence-corrected chi connectivity index (χ4v) is 2.95. The summed E-state index contributed by atoms with van der Waals surface area (Å²) < 4.78 is 5.99. The zero-order valence-corrected chi connectivity index (χ0v) is 11.4. The molecule has 0 spiro atoms. The molecule has 1 unspecified atom stereocenters. The van der Waals surface area contributed by atoms with Gasteiger partial charge in [0.1, 0.15) is 0 Å². The molecule has 1 aromatic heterocycles. The molecule has 0 saturated heterocycles. The van der Waals surface area contributed by atoms with Gasteiger partial charge in [-0.3, -0.25) is 4.79 Å². The number of halogens is 1. The smallest absolute Gasteiger partial charge is 0.205 e. The normalized spacial score (nSPS) is 18.4. The molecule has 1 aromatic carbocycles. The number of hydrogen-bond donors (Lipinski definition) is 0. The molecule has 0 fully saturated rings. The van der Waals surface area contributed by atoms with Crippen LogP contribution >= 0.6 is 15.9 Å². The van der Waals surface area contributed by atoms with Crippen LogP contribution in [0.4, 0.5) is 0 Å². The Morgan fingerprint density at radius 2 is 2.06 bits per heavy atom. The van der Waals surface area contributed by atoms with Crippen molar-refractivity contribution in [2.24, 2.45) is 0 Å². The van der Waals surface area contributed by atoms with E-state index < -0.39 is 0 Å². The summed E-state index contributed by atoms with van der Waals surface area (Å²) in [6, 6.07) is 11.7. The zero-order chi connectivity index (χ0) is 12.5. The van der Waals surface area contributed by atoms with Crippen molar-refractivity contribution < 1.29 is 9.21 Å². The summed E-state index contributed by atoms with van der Waals surface area (Å²) >= 11 is 3.24. The first-order chi connectivity index (χ1) is 8.75. The van der Waals surface area contributed by atoms with E-state index in [9.17, 15) is 4.79 Å². The summed E-state index contributed by atoms with van der Waals surface area (Å²) in [6.45, 7) is 0. The third-order valence-electron chi connectivity index (χ3n) is 3.50. The van der Waals surface area contributed by atoms with Gasteiger partial charge in [-0.2, -0.15) is 0 Å². The van der Waals surface area contributed by atoms with Gasteiger partial charge in [-0.25, -0.2) is 0 Å².